The number of nitrogens with zero attached hydrogens (tertiary/aromatic N) is 2. The molecule has 0 aromatic rings. The highest BCUT2D eigenvalue weighted by Gasteiger charge is 2.40. The standard InChI is InChI=1S/C15H24N2O4S/c1-22(19,20)17-7-8-21-14-11-16(9-13(14)10-17)15(18)12-5-3-2-4-6-12/h5,13-14H,2-4,6-11H2,1H3/t13-,14-/m0/s1. The molecule has 0 radical (unpaired) electrons. The molecule has 2 heterocycles. The molecule has 0 aromatic carbocycles. The first-order chi connectivity index (χ1) is 10.4. The van der Waals surface area contributed by atoms with E-state index in [0.29, 0.717) is 32.8 Å². The Bertz CT molecular complexity index is 572. The van der Waals surface area contributed by atoms with Gasteiger partial charge in [0.1, 0.15) is 0 Å². The first kappa shape index (κ1) is 16.0. The van der Waals surface area contributed by atoms with Crippen molar-refractivity contribution >= 4 is 15.9 Å². The zero-order valence-electron chi connectivity index (χ0n) is 13.0. The van der Waals surface area contributed by atoms with Crippen LogP contribution in [-0.2, 0) is 19.6 Å². The Hall–Kier alpha value is -0.920. The van der Waals surface area contributed by atoms with Crippen LogP contribution in [0.5, 0.6) is 0 Å². The third kappa shape index (κ3) is 3.36. The van der Waals surface area contributed by atoms with Gasteiger partial charge in [-0.2, -0.15) is 4.31 Å². The van der Waals surface area contributed by atoms with E-state index in [-0.39, 0.29) is 17.9 Å². The highest BCUT2D eigenvalue weighted by atomic mass is 32.2. The molecule has 3 rings (SSSR count). The maximum atomic E-state index is 12.6. The summed E-state index contributed by atoms with van der Waals surface area (Å²) in [4.78, 5) is 14.4. The van der Waals surface area contributed by atoms with Crippen LogP contribution in [0.3, 0.4) is 0 Å². The zero-order valence-corrected chi connectivity index (χ0v) is 13.8. The third-order valence-electron chi connectivity index (χ3n) is 4.81. The summed E-state index contributed by atoms with van der Waals surface area (Å²) in [7, 11) is -3.21. The van der Waals surface area contributed by atoms with Crippen molar-refractivity contribution < 1.29 is 17.9 Å². The maximum absolute atomic E-state index is 12.6. The van der Waals surface area contributed by atoms with Gasteiger partial charge in [-0.25, -0.2) is 8.42 Å². The molecular weight excluding hydrogens is 304 g/mol. The van der Waals surface area contributed by atoms with E-state index in [1.165, 1.54) is 10.6 Å². The van der Waals surface area contributed by atoms with E-state index in [2.05, 4.69) is 6.08 Å². The van der Waals surface area contributed by atoms with E-state index in [4.69, 9.17) is 4.74 Å². The Morgan fingerprint density at radius 3 is 2.77 bits per heavy atom. The molecule has 0 N–H and O–H groups in total. The lowest BCUT2D eigenvalue weighted by Crippen LogP contribution is -2.37. The minimum absolute atomic E-state index is 0.0418. The minimum Gasteiger partial charge on any atom is -0.375 e. The van der Waals surface area contributed by atoms with Crippen LogP contribution < -0.4 is 0 Å². The summed E-state index contributed by atoms with van der Waals surface area (Å²) in [5, 5.41) is 0. The largest absolute Gasteiger partial charge is 0.375 e. The van der Waals surface area contributed by atoms with Crippen LogP contribution in [-0.4, -0.2) is 68.7 Å². The van der Waals surface area contributed by atoms with Gasteiger partial charge in [-0.05, 0) is 25.7 Å². The lowest BCUT2D eigenvalue weighted by Gasteiger charge is -2.22. The van der Waals surface area contributed by atoms with Crippen molar-refractivity contribution in [1.29, 1.82) is 0 Å². The van der Waals surface area contributed by atoms with Gasteiger partial charge in [0, 0.05) is 37.7 Å². The van der Waals surface area contributed by atoms with Gasteiger partial charge in [0.05, 0.1) is 19.0 Å². The molecule has 1 amide bonds. The number of hydrogen-bond donors (Lipinski definition) is 0. The zero-order chi connectivity index (χ0) is 15.7. The first-order valence-electron chi connectivity index (χ1n) is 8.00. The molecule has 0 aromatic heterocycles. The quantitative estimate of drug-likeness (QED) is 0.745. The van der Waals surface area contributed by atoms with Crippen LogP contribution in [0.4, 0.5) is 0 Å². The van der Waals surface area contributed by atoms with E-state index in [9.17, 15) is 13.2 Å². The molecule has 22 heavy (non-hydrogen) atoms. The Morgan fingerprint density at radius 1 is 1.27 bits per heavy atom. The predicted octanol–water partition coefficient (Wildman–Crippen LogP) is 0.606. The number of carbonyl (C=O) groups is 1. The van der Waals surface area contributed by atoms with Gasteiger partial charge in [0.2, 0.25) is 15.9 Å². The third-order valence-corrected chi connectivity index (χ3v) is 6.08. The van der Waals surface area contributed by atoms with Gasteiger partial charge in [0.25, 0.3) is 0 Å². The summed E-state index contributed by atoms with van der Waals surface area (Å²) in [5.41, 5.74) is 0.919. The van der Waals surface area contributed by atoms with Crippen LogP contribution >= 0.6 is 0 Å². The van der Waals surface area contributed by atoms with Crippen molar-refractivity contribution in [3.8, 4) is 0 Å². The van der Waals surface area contributed by atoms with Crippen molar-refractivity contribution in [3.05, 3.63) is 11.6 Å². The fourth-order valence-corrected chi connectivity index (χ4v) is 4.44. The van der Waals surface area contributed by atoms with E-state index >= 15 is 0 Å². The van der Waals surface area contributed by atoms with Crippen molar-refractivity contribution in [3.63, 3.8) is 0 Å². The monoisotopic (exact) mass is 328 g/mol. The molecule has 0 unspecified atom stereocenters. The molecule has 2 fully saturated rings. The molecule has 3 aliphatic rings. The number of amides is 1. The van der Waals surface area contributed by atoms with Crippen molar-refractivity contribution in [1.82, 2.24) is 9.21 Å². The first-order valence-corrected chi connectivity index (χ1v) is 9.85. The summed E-state index contributed by atoms with van der Waals surface area (Å²) < 4.78 is 30.8. The summed E-state index contributed by atoms with van der Waals surface area (Å²) >= 11 is 0. The fraction of sp³-hybridized carbons (Fsp3) is 0.800. The van der Waals surface area contributed by atoms with Gasteiger partial charge < -0.3 is 9.64 Å². The van der Waals surface area contributed by atoms with Gasteiger partial charge in [-0.15, -0.1) is 0 Å². The molecular formula is C15H24N2O4S. The molecule has 0 spiro atoms. The molecule has 124 valence electrons. The van der Waals surface area contributed by atoms with Crippen LogP contribution in [0.25, 0.3) is 0 Å². The molecule has 1 aliphatic carbocycles. The number of ether oxygens (including phenoxy) is 1. The predicted molar refractivity (Wildman–Crippen MR) is 82.8 cm³/mol. The number of sulfonamides is 1. The molecule has 2 saturated heterocycles. The number of allylic oxidation sites excluding steroid dienone is 1. The van der Waals surface area contributed by atoms with E-state index in [1.54, 1.807) is 0 Å². The van der Waals surface area contributed by atoms with E-state index in [1.807, 2.05) is 4.90 Å². The lowest BCUT2D eigenvalue weighted by molar-refractivity contribution is -0.127. The van der Waals surface area contributed by atoms with Gasteiger partial charge in [0.15, 0.2) is 0 Å². The van der Waals surface area contributed by atoms with Crippen LogP contribution in [0, 0.1) is 5.92 Å². The second kappa shape index (κ2) is 6.29. The normalized spacial score (nSPS) is 30.6. The maximum Gasteiger partial charge on any atom is 0.249 e. The average Bonchev–Trinajstić information content (AvgIpc) is 2.78. The van der Waals surface area contributed by atoms with Crippen LogP contribution in [0.2, 0.25) is 0 Å². The molecule has 0 bridgehead atoms. The van der Waals surface area contributed by atoms with Gasteiger partial charge in [-0.1, -0.05) is 6.08 Å². The summed E-state index contributed by atoms with van der Waals surface area (Å²) in [6, 6.07) is 0. The highest BCUT2D eigenvalue weighted by Crippen LogP contribution is 2.27. The highest BCUT2D eigenvalue weighted by molar-refractivity contribution is 7.88. The summed E-state index contributed by atoms with van der Waals surface area (Å²) in [6.07, 6.45) is 7.34. The Labute approximate surface area is 132 Å². The average molecular weight is 328 g/mol. The fourth-order valence-electron chi connectivity index (χ4n) is 3.57. The lowest BCUT2D eigenvalue weighted by atomic mass is 9.99. The summed E-state index contributed by atoms with van der Waals surface area (Å²) in [6.45, 7) is 2.43. The topological polar surface area (TPSA) is 66.9 Å². The second-order valence-corrected chi connectivity index (χ2v) is 8.46. The second-order valence-electron chi connectivity index (χ2n) is 6.48. The number of rotatable bonds is 2. The van der Waals surface area contributed by atoms with Gasteiger partial charge in [-0.3, -0.25) is 4.79 Å². The van der Waals surface area contributed by atoms with Crippen LogP contribution in [0.15, 0.2) is 11.6 Å². The molecule has 2 atom stereocenters. The Morgan fingerprint density at radius 2 is 2.09 bits per heavy atom. The van der Waals surface area contributed by atoms with Crippen molar-refractivity contribution in [2.75, 3.05) is 39.0 Å². The van der Waals surface area contributed by atoms with Crippen LogP contribution in [0.1, 0.15) is 25.7 Å². The van der Waals surface area contributed by atoms with E-state index in [0.717, 1.165) is 31.3 Å². The molecule has 7 heteroatoms. The number of carbonyl (C=O) groups excluding carboxylic acids is 1. The molecule has 2 aliphatic heterocycles. The number of hydrogen-bond acceptors (Lipinski definition) is 4. The van der Waals surface area contributed by atoms with E-state index < -0.39 is 10.0 Å². The van der Waals surface area contributed by atoms with Crippen molar-refractivity contribution in [2.24, 2.45) is 5.92 Å². The summed E-state index contributed by atoms with van der Waals surface area (Å²) in [5.74, 6) is 0.188. The molecule has 0 saturated carbocycles. The number of likely N-dealkylation sites (tertiary alicyclic amines) is 1. The van der Waals surface area contributed by atoms with Gasteiger partial charge >= 0.3 is 0 Å². The smallest absolute Gasteiger partial charge is 0.249 e. The minimum atomic E-state index is -3.21. The Balaban J connectivity index is 1.68. The van der Waals surface area contributed by atoms with Crippen molar-refractivity contribution in [2.45, 2.75) is 31.8 Å². The molecule has 6 nitrogen and oxygen atoms in total. The SMILES string of the molecule is CS(=O)(=O)N1CCO[C@H]2CN(C(=O)C3=CCCCC3)C[C@H]2C1. The Kier molecular flexibility index (Phi) is 4.56. The number of fused-ring (bicyclic) bond motifs is 1.